The van der Waals surface area contributed by atoms with Gasteiger partial charge in [-0.15, -0.1) is 0 Å². The normalized spacial score (nSPS) is 10.7. The zero-order chi connectivity index (χ0) is 13.3. The van der Waals surface area contributed by atoms with Gasteiger partial charge in [-0.25, -0.2) is 17.6 Å². The fraction of sp³-hybridized carbons (Fsp3) is 0.0769. The molecule has 0 saturated heterocycles. The summed E-state index contributed by atoms with van der Waals surface area (Å²) in [6.45, 7) is -0.0362. The van der Waals surface area contributed by atoms with Gasteiger partial charge in [0.05, 0.1) is 0 Å². The van der Waals surface area contributed by atoms with Gasteiger partial charge in [-0.3, -0.25) is 0 Å². The molecule has 0 atom stereocenters. The van der Waals surface area contributed by atoms with Crippen LogP contribution in [0, 0.1) is 23.3 Å². The molecule has 0 aliphatic rings. The highest BCUT2D eigenvalue weighted by Gasteiger charge is 2.14. The van der Waals surface area contributed by atoms with Crippen molar-refractivity contribution in [2.45, 2.75) is 6.54 Å². The van der Waals surface area contributed by atoms with Crippen molar-refractivity contribution in [3.8, 4) is 11.1 Å². The number of hydrogen-bond donors (Lipinski definition) is 1. The average Bonchev–Trinajstić information content (AvgIpc) is 2.34. The lowest BCUT2D eigenvalue weighted by atomic mass is 9.99. The van der Waals surface area contributed by atoms with E-state index in [4.69, 9.17) is 5.73 Å². The number of hydrogen-bond acceptors (Lipinski definition) is 1. The molecular weight excluding hydrogens is 246 g/mol. The van der Waals surface area contributed by atoms with Crippen LogP contribution in [-0.4, -0.2) is 0 Å². The van der Waals surface area contributed by atoms with Crippen LogP contribution in [-0.2, 0) is 6.54 Å². The van der Waals surface area contributed by atoms with Crippen molar-refractivity contribution < 1.29 is 17.6 Å². The van der Waals surface area contributed by atoms with Crippen molar-refractivity contribution >= 4 is 0 Å². The summed E-state index contributed by atoms with van der Waals surface area (Å²) in [6, 6.07) is 4.71. The molecular formula is C13H9F4N. The van der Waals surface area contributed by atoms with Gasteiger partial charge in [0.25, 0.3) is 0 Å². The molecule has 94 valence electrons. The maximum Gasteiger partial charge on any atom is 0.161 e. The van der Waals surface area contributed by atoms with Crippen LogP contribution in [0.25, 0.3) is 11.1 Å². The molecule has 0 aromatic heterocycles. The Hall–Kier alpha value is -1.88. The molecule has 0 aliphatic carbocycles. The first-order valence-electron chi connectivity index (χ1n) is 5.16. The summed E-state index contributed by atoms with van der Waals surface area (Å²) < 4.78 is 52.5. The Balaban J connectivity index is 2.65. The highest BCUT2D eigenvalue weighted by atomic mass is 19.2. The number of nitrogens with two attached hydrogens (primary N) is 1. The van der Waals surface area contributed by atoms with Crippen LogP contribution in [0.15, 0.2) is 30.3 Å². The van der Waals surface area contributed by atoms with Crippen LogP contribution in [0.5, 0.6) is 0 Å². The summed E-state index contributed by atoms with van der Waals surface area (Å²) in [7, 11) is 0. The molecule has 0 spiro atoms. The van der Waals surface area contributed by atoms with E-state index in [1.807, 2.05) is 0 Å². The molecule has 2 aromatic carbocycles. The Bertz CT molecular complexity index is 596. The van der Waals surface area contributed by atoms with Gasteiger partial charge in [-0.05, 0) is 29.3 Å². The molecule has 0 bridgehead atoms. The van der Waals surface area contributed by atoms with Crippen LogP contribution in [0.1, 0.15) is 5.56 Å². The van der Waals surface area contributed by atoms with Crippen molar-refractivity contribution in [1.29, 1.82) is 0 Å². The summed E-state index contributed by atoms with van der Waals surface area (Å²) in [5.74, 6) is -3.89. The lowest BCUT2D eigenvalue weighted by molar-refractivity contribution is 0.496. The first-order chi connectivity index (χ1) is 8.52. The fourth-order valence-corrected chi connectivity index (χ4v) is 1.72. The predicted octanol–water partition coefficient (Wildman–Crippen LogP) is 3.37. The third-order valence-corrected chi connectivity index (χ3v) is 2.59. The molecule has 18 heavy (non-hydrogen) atoms. The summed E-state index contributed by atoms with van der Waals surface area (Å²) in [5, 5.41) is 0. The molecule has 0 amide bonds. The standard InChI is InChI=1S/C13H9F4N/c14-8-1-2-9(7(3-8)6-18)10-4-12(16)13(17)5-11(10)15/h1-5H,6,18H2. The molecule has 2 aromatic rings. The van der Waals surface area contributed by atoms with Gasteiger partial charge in [-0.2, -0.15) is 0 Å². The van der Waals surface area contributed by atoms with Gasteiger partial charge in [0.1, 0.15) is 11.6 Å². The summed E-state index contributed by atoms with van der Waals surface area (Å²) in [5.41, 5.74) is 5.84. The topological polar surface area (TPSA) is 26.0 Å². The first kappa shape index (κ1) is 12.6. The van der Waals surface area contributed by atoms with Crippen molar-refractivity contribution in [3.63, 3.8) is 0 Å². The second kappa shape index (κ2) is 4.78. The third-order valence-electron chi connectivity index (χ3n) is 2.59. The van der Waals surface area contributed by atoms with E-state index in [1.54, 1.807) is 0 Å². The van der Waals surface area contributed by atoms with E-state index in [0.717, 1.165) is 18.2 Å². The molecule has 0 fully saturated rings. The van der Waals surface area contributed by atoms with E-state index in [2.05, 4.69) is 0 Å². The molecule has 5 heteroatoms. The highest BCUT2D eigenvalue weighted by molar-refractivity contribution is 5.68. The Kier molecular flexibility index (Phi) is 3.34. The lowest BCUT2D eigenvalue weighted by Crippen LogP contribution is -2.01. The van der Waals surface area contributed by atoms with Gasteiger partial charge in [0, 0.05) is 18.2 Å². The molecule has 0 aliphatic heterocycles. The monoisotopic (exact) mass is 255 g/mol. The quantitative estimate of drug-likeness (QED) is 0.646. The van der Waals surface area contributed by atoms with Crippen LogP contribution in [0.4, 0.5) is 17.6 Å². The van der Waals surface area contributed by atoms with E-state index in [9.17, 15) is 17.6 Å². The molecule has 2 N–H and O–H groups in total. The van der Waals surface area contributed by atoms with Gasteiger partial charge >= 0.3 is 0 Å². The van der Waals surface area contributed by atoms with E-state index >= 15 is 0 Å². The summed E-state index contributed by atoms with van der Waals surface area (Å²) in [6.07, 6.45) is 0. The van der Waals surface area contributed by atoms with Crippen molar-refractivity contribution in [2.24, 2.45) is 5.73 Å². The molecule has 0 unspecified atom stereocenters. The number of halogens is 4. The lowest BCUT2D eigenvalue weighted by Gasteiger charge is -2.09. The molecule has 0 saturated carbocycles. The maximum atomic E-state index is 13.6. The Morgan fingerprint density at radius 2 is 1.44 bits per heavy atom. The SMILES string of the molecule is NCc1cc(F)ccc1-c1cc(F)c(F)cc1F. The Morgan fingerprint density at radius 1 is 0.778 bits per heavy atom. The van der Waals surface area contributed by atoms with Crippen LogP contribution < -0.4 is 5.73 Å². The average molecular weight is 255 g/mol. The van der Waals surface area contributed by atoms with Crippen molar-refractivity contribution in [2.75, 3.05) is 0 Å². The smallest absolute Gasteiger partial charge is 0.161 e. The zero-order valence-corrected chi connectivity index (χ0v) is 9.18. The summed E-state index contributed by atoms with van der Waals surface area (Å²) >= 11 is 0. The van der Waals surface area contributed by atoms with Gasteiger partial charge in [0.15, 0.2) is 11.6 Å². The minimum Gasteiger partial charge on any atom is -0.326 e. The third kappa shape index (κ3) is 2.22. The minimum absolute atomic E-state index is 0.0362. The summed E-state index contributed by atoms with van der Waals surface area (Å²) in [4.78, 5) is 0. The van der Waals surface area contributed by atoms with Crippen LogP contribution in [0.3, 0.4) is 0 Å². The predicted molar refractivity (Wildman–Crippen MR) is 59.6 cm³/mol. The van der Waals surface area contributed by atoms with E-state index < -0.39 is 23.3 Å². The number of rotatable bonds is 2. The Morgan fingerprint density at radius 3 is 2.11 bits per heavy atom. The van der Waals surface area contributed by atoms with Crippen molar-refractivity contribution in [3.05, 3.63) is 59.2 Å². The molecule has 0 heterocycles. The van der Waals surface area contributed by atoms with E-state index in [-0.39, 0.29) is 17.7 Å². The van der Waals surface area contributed by atoms with Crippen LogP contribution in [0.2, 0.25) is 0 Å². The largest absolute Gasteiger partial charge is 0.326 e. The number of benzene rings is 2. The van der Waals surface area contributed by atoms with Crippen molar-refractivity contribution in [1.82, 2.24) is 0 Å². The highest BCUT2D eigenvalue weighted by Crippen LogP contribution is 2.28. The maximum absolute atomic E-state index is 13.6. The second-order valence-electron chi connectivity index (χ2n) is 3.75. The van der Waals surface area contributed by atoms with E-state index in [0.29, 0.717) is 11.6 Å². The van der Waals surface area contributed by atoms with Gasteiger partial charge in [-0.1, -0.05) is 6.07 Å². The second-order valence-corrected chi connectivity index (χ2v) is 3.75. The molecule has 0 radical (unpaired) electrons. The Labute approximate surface area is 101 Å². The van der Waals surface area contributed by atoms with E-state index in [1.165, 1.54) is 6.07 Å². The fourth-order valence-electron chi connectivity index (χ4n) is 1.72. The van der Waals surface area contributed by atoms with Gasteiger partial charge < -0.3 is 5.73 Å². The zero-order valence-electron chi connectivity index (χ0n) is 9.18. The van der Waals surface area contributed by atoms with Crippen LogP contribution >= 0.6 is 0 Å². The van der Waals surface area contributed by atoms with Gasteiger partial charge in [0.2, 0.25) is 0 Å². The molecule has 1 nitrogen and oxygen atoms in total. The minimum atomic E-state index is -1.27. The molecule has 2 rings (SSSR count). The first-order valence-corrected chi connectivity index (χ1v) is 5.16.